The number of carboxylic acid groups (broad SMARTS) is 1. The van der Waals surface area contributed by atoms with Crippen LogP contribution in [0.4, 0.5) is 0 Å². The van der Waals surface area contributed by atoms with E-state index in [0.29, 0.717) is 31.3 Å². The minimum absolute atomic E-state index is 0.164. The molecule has 5 heteroatoms. The van der Waals surface area contributed by atoms with E-state index >= 15 is 0 Å². The zero-order valence-corrected chi connectivity index (χ0v) is 14.2. The van der Waals surface area contributed by atoms with Crippen LogP contribution in [0.2, 0.25) is 0 Å². The third-order valence-corrected chi connectivity index (χ3v) is 3.30. The minimum Gasteiger partial charge on any atom is -0.490 e. The molecule has 2 aromatic carbocycles. The van der Waals surface area contributed by atoms with Crippen LogP contribution >= 0.6 is 0 Å². The van der Waals surface area contributed by atoms with E-state index in [1.807, 2.05) is 32.9 Å². The molecule has 0 aliphatic carbocycles. The Bertz CT molecular complexity index is 689. The van der Waals surface area contributed by atoms with E-state index in [4.69, 9.17) is 19.3 Å². The van der Waals surface area contributed by atoms with Gasteiger partial charge in [-0.25, -0.2) is 4.79 Å². The quantitative estimate of drug-likeness (QED) is 0.745. The maximum atomic E-state index is 11.0. The van der Waals surface area contributed by atoms with Crippen LogP contribution in [0.5, 0.6) is 17.2 Å². The highest BCUT2D eigenvalue weighted by Gasteiger charge is 2.10. The third kappa shape index (κ3) is 4.91. The van der Waals surface area contributed by atoms with Crippen molar-refractivity contribution in [3.05, 3.63) is 53.1 Å². The van der Waals surface area contributed by atoms with Crippen molar-refractivity contribution in [3.63, 3.8) is 0 Å². The first-order chi connectivity index (χ1) is 11.5. The molecule has 0 unspecified atom stereocenters. The van der Waals surface area contributed by atoms with Gasteiger partial charge in [0.05, 0.1) is 12.2 Å². The molecule has 0 aliphatic heterocycles. The lowest BCUT2D eigenvalue weighted by atomic mass is 10.1. The Kier molecular flexibility index (Phi) is 6.07. The Hall–Kier alpha value is -2.69. The fourth-order valence-electron chi connectivity index (χ4n) is 2.36. The van der Waals surface area contributed by atoms with Crippen molar-refractivity contribution in [1.29, 1.82) is 0 Å². The Morgan fingerprint density at radius 1 is 0.917 bits per heavy atom. The number of rotatable bonds is 8. The second-order valence-electron chi connectivity index (χ2n) is 5.42. The average molecular weight is 330 g/mol. The molecule has 2 aromatic rings. The van der Waals surface area contributed by atoms with Gasteiger partial charge in [-0.05, 0) is 62.2 Å². The summed E-state index contributed by atoms with van der Waals surface area (Å²) in [4.78, 5) is 11.0. The number of ether oxygens (including phenoxy) is 3. The van der Waals surface area contributed by atoms with Crippen molar-refractivity contribution in [1.82, 2.24) is 0 Å². The Morgan fingerprint density at radius 2 is 1.58 bits per heavy atom. The van der Waals surface area contributed by atoms with Crippen LogP contribution in [0.25, 0.3) is 0 Å². The van der Waals surface area contributed by atoms with Gasteiger partial charge in [0.2, 0.25) is 0 Å². The molecule has 0 amide bonds. The van der Waals surface area contributed by atoms with E-state index in [-0.39, 0.29) is 5.56 Å². The first-order valence-electron chi connectivity index (χ1n) is 7.83. The van der Waals surface area contributed by atoms with Crippen LogP contribution in [-0.4, -0.2) is 30.9 Å². The van der Waals surface area contributed by atoms with Crippen LogP contribution in [0.1, 0.15) is 28.4 Å². The summed E-state index contributed by atoms with van der Waals surface area (Å²) >= 11 is 0. The normalized spacial score (nSPS) is 10.3. The zero-order chi connectivity index (χ0) is 17.5. The summed E-state index contributed by atoms with van der Waals surface area (Å²) in [5.74, 6) is 0.734. The molecule has 0 radical (unpaired) electrons. The van der Waals surface area contributed by atoms with E-state index in [1.54, 1.807) is 6.07 Å². The number of benzene rings is 2. The Labute approximate surface area is 141 Å². The molecule has 0 spiro atoms. The van der Waals surface area contributed by atoms with Gasteiger partial charge in [-0.2, -0.15) is 0 Å². The smallest absolute Gasteiger partial charge is 0.335 e. The summed E-state index contributed by atoms with van der Waals surface area (Å²) in [6, 6.07) is 10.6. The standard InChI is InChI=1S/C19H22O5/c1-4-22-18-12-15(19(20)21)5-6-17(18)24-8-7-23-16-10-13(2)9-14(3)11-16/h5-6,9-12H,4,7-8H2,1-3H3,(H,20,21). The number of carboxylic acids is 1. The molecule has 0 aliphatic rings. The molecule has 1 N–H and O–H groups in total. The maximum Gasteiger partial charge on any atom is 0.335 e. The van der Waals surface area contributed by atoms with E-state index < -0.39 is 5.97 Å². The number of aromatic carboxylic acids is 1. The second kappa shape index (κ2) is 8.24. The summed E-state index contributed by atoms with van der Waals surface area (Å²) in [5.41, 5.74) is 2.46. The summed E-state index contributed by atoms with van der Waals surface area (Å²) in [7, 11) is 0. The highest BCUT2D eigenvalue weighted by Crippen LogP contribution is 2.28. The lowest BCUT2D eigenvalue weighted by Gasteiger charge is -2.13. The molecule has 0 fully saturated rings. The number of hydrogen-bond donors (Lipinski definition) is 1. The third-order valence-electron chi connectivity index (χ3n) is 3.30. The summed E-state index contributed by atoms with van der Waals surface area (Å²) in [6.45, 7) is 7.02. The number of carbonyl (C=O) groups is 1. The van der Waals surface area contributed by atoms with Gasteiger partial charge in [0.25, 0.3) is 0 Å². The molecule has 0 saturated carbocycles. The average Bonchev–Trinajstić information content (AvgIpc) is 2.52. The first-order valence-corrected chi connectivity index (χ1v) is 7.83. The Balaban J connectivity index is 1.94. The topological polar surface area (TPSA) is 65.0 Å². The first kappa shape index (κ1) is 17.7. The van der Waals surface area contributed by atoms with Crippen LogP contribution < -0.4 is 14.2 Å². The van der Waals surface area contributed by atoms with Crippen molar-refractivity contribution in [2.45, 2.75) is 20.8 Å². The molecular weight excluding hydrogens is 308 g/mol. The lowest BCUT2D eigenvalue weighted by Crippen LogP contribution is -2.10. The number of hydrogen-bond acceptors (Lipinski definition) is 4. The monoisotopic (exact) mass is 330 g/mol. The van der Waals surface area contributed by atoms with Crippen LogP contribution in [0.15, 0.2) is 36.4 Å². The molecule has 5 nitrogen and oxygen atoms in total. The lowest BCUT2D eigenvalue weighted by molar-refractivity contribution is 0.0696. The molecule has 24 heavy (non-hydrogen) atoms. The molecule has 0 saturated heterocycles. The number of aryl methyl sites for hydroxylation is 2. The van der Waals surface area contributed by atoms with Crippen molar-refractivity contribution < 1.29 is 24.1 Å². The molecule has 0 bridgehead atoms. The van der Waals surface area contributed by atoms with Crippen molar-refractivity contribution >= 4 is 5.97 Å². The van der Waals surface area contributed by atoms with Crippen molar-refractivity contribution in [2.75, 3.05) is 19.8 Å². The van der Waals surface area contributed by atoms with Gasteiger partial charge in [-0.1, -0.05) is 6.07 Å². The van der Waals surface area contributed by atoms with Gasteiger partial charge in [0.1, 0.15) is 19.0 Å². The highest BCUT2D eigenvalue weighted by molar-refractivity contribution is 5.88. The van der Waals surface area contributed by atoms with Gasteiger partial charge >= 0.3 is 5.97 Å². The van der Waals surface area contributed by atoms with Gasteiger partial charge < -0.3 is 19.3 Å². The molecular formula is C19H22O5. The van der Waals surface area contributed by atoms with Crippen LogP contribution in [-0.2, 0) is 0 Å². The van der Waals surface area contributed by atoms with E-state index in [0.717, 1.165) is 16.9 Å². The predicted molar refractivity (Wildman–Crippen MR) is 91.5 cm³/mol. The minimum atomic E-state index is -0.999. The van der Waals surface area contributed by atoms with Crippen molar-refractivity contribution in [3.8, 4) is 17.2 Å². The van der Waals surface area contributed by atoms with Gasteiger partial charge in [-0.3, -0.25) is 0 Å². The molecule has 0 aromatic heterocycles. The fourth-order valence-corrected chi connectivity index (χ4v) is 2.36. The molecule has 0 heterocycles. The molecule has 2 rings (SSSR count). The van der Waals surface area contributed by atoms with Crippen LogP contribution in [0.3, 0.4) is 0 Å². The molecule has 0 atom stereocenters. The van der Waals surface area contributed by atoms with E-state index in [1.165, 1.54) is 12.1 Å². The van der Waals surface area contributed by atoms with Crippen molar-refractivity contribution in [2.24, 2.45) is 0 Å². The van der Waals surface area contributed by atoms with Gasteiger partial charge in [-0.15, -0.1) is 0 Å². The summed E-state index contributed by atoms with van der Waals surface area (Å²) in [6.07, 6.45) is 0. The fraction of sp³-hybridized carbons (Fsp3) is 0.316. The zero-order valence-electron chi connectivity index (χ0n) is 14.2. The predicted octanol–water partition coefficient (Wildman–Crippen LogP) is 3.86. The Morgan fingerprint density at radius 3 is 2.21 bits per heavy atom. The molecule has 128 valence electrons. The van der Waals surface area contributed by atoms with E-state index in [2.05, 4.69) is 6.07 Å². The van der Waals surface area contributed by atoms with Gasteiger partial charge in [0, 0.05) is 0 Å². The van der Waals surface area contributed by atoms with E-state index in [9.17, 15) is 4.79 Å². The summed E-state index contributed by atoms with van der Waals surface area (Å²) < 4.78 is 16.8. The SMILES string of the molecule is CCOc1cc(C(=O)O)ccc1OCCOc1cc(C)cc(C)c1. The highest BCUT2D eigenvalue weighted by atomic mass is 16.5. The second-order valence-corrected chi connectivity index (χ2v) is 5.42. The van der Waals surface area contributed by atoms with Crippen LogP contribution in [0, 0.1) is 13.8 Å². The largest absolute Gasteiger partial charge is 0.490 e. The maximum absolute atomic E-state index is 11.0. The van der Waals surface area contributed by atoms with Gasteiger partial charge in [0.15, 0.2) is 11.5 Å². The summed E-state index contributed by atoms with van der Waals surface area (Å²) in [5, 5.41) is 9.04.